The Morgan fingerprint density at radius 3 is 1.09 bits per heavy atom. The molecule has 22 heavy (non-hydrogen) atoms. The van der Waals surface area contributed by atoms with Crippen molar-refractivity contribution in [2.24, 2.45) is 0 Å². The van der Waals surface area contributed by atoms with Crippen LogP contribution in [-0.2, 0) is 0 Å². The molecular weight excluding hydrogens is 379 g/mol. The van der Waals surface area contributed by atoms with Gasteiger partial charge in [-0.1, -0.05) is 0 Å². The molecule has 0 aliphatic rings. The van der Waals surface area contributed by atoms with Crippen molar-refractivity contribution in [1.82, 2.24) is 0 Å². The van der Waals surface area contributed by atoms with Gasteiger partial charge in [-0.2, -0.15) is 57.1 Å². The van der Waals surface area contributed by atoms with Gasteiger partial charge in [-0.05, 0) is 23.8 Å². The zero-order valence-corrected chi connectivity index (χ0v) is 10.2. The fourth-order valence-electron chi connectivity index (χ4n) is 0.796. The van der Waals surface area contributed by atoms with E-state index in [1.165, 1.54) is 0 Å². The maximum atomic E-state index is 12.7. The van der Waals surface area contributed by atoms with Crippen LogP contribution in [0, 0.1) is 0 Å². The van der Waals surface area contributed by atoms with Gasteiger partial charge in [0.1, 0.15) is 0 Å². The predicted octanol–water partition coefficient (Wildman–Crippen LogP) is 5.48. The van der Waals surface area contributed by atoms with E-state index in [0.29, 0.717) is 0 Å². The van der Waals surface area contributed by atoms with Crippen LogP contribution in [0.1, 0.15) is 0 Å². The van der Waals surface area contributed by atoms with Gasteiger partial charge < -0.3 is 0 Å². The molecule has 0 aliphatic carbocycles. The molecule has 0 fully saturated rings. The number of hydrogen-bond acceptors (Lipinski definition) is 0. The van der Waals surface area contributed by atoms with Crippen LogP contribution >= 0.6 is 11.6 Å². The SMILES string of the molecule is FC(F)(F)C(F)(F)C(F)(F)C(F)(F)C=CC(F)(F)C(F)(F)Cl. The molecule has 0 saturated heterocycles. The highest BCUT2D eigenvalue weighted by Crippen LogP contribution is 2.53. The van der Waals surface area contributed by atoms with Gasteiger partial charge >= 0.3 is 35.2 Å². The van der Waals surface area contributed by atoms with Crippen molar-refractivity contribution in [3.8, 4) is 0 Å². The fraction of sp³-hybridized carbons (Fsp3) is 0.750. The number of hydrogen-bond donors (Lipinski definition) is 0. The molecule has 0 atom stereocenters. The molecular formula is C8H2ClF13. The van der Waals surface area contributed by atoms with Crippen molar-refractivity contribution in [2.75, 3.05) is 0 Å². The van der Waals surface area contributed by atoms with E-state index in [0.717, 1.165) is 0 Å². The van der Waals surface area contributed by atoms with Gasteiger partial charge in [0.05, 0.1) is 0 Å². The van der Waals surface area contributed by atoms with Crippen LogP contribution in [0.3, 0.4) is 0 Å². The Balaban J connectivity index is 5.76. The molecule has 0 nitrogen and oxygen atoms in total. The lowest BCUT2D eigenvalue weighted by Crippen LogP contribution is -2.60. The molecule has 0 N–H and O–H groups in total. The van der Waals surface area contributed by atoms with Crippen molar-refractivity contribution in [1.29, 1.82) is 0 Å². The molecule has 132 valence electrons. The first-order valence-electron chi connectivity index (χ1n) is 4.56. The average molecular weight is 381 g/mol. The topological polar surface area (TPSA) is 0 Å². The monoisotopic (exact) mass is 380 g/mol. The summed E-state index contributed by atoms with van der Waals surface area (Å²) in [7, 11) is 0. The van der Waals surface area contributed by atoms with Gasteiger partial charge in [-0.15, -0.1) is 0 Å². The summed E-state index contributed by atoms with van der Waals surface area (Å²) in [6.07, 6.45) is -10.8. The molecule has 0 aromatic carbocycles. The Hall–Kier alpha value is -0.880. The second-order valence-corrected chi connectivity index (χ2v) is 4.20. The van der Waals surface area contributed by atoms with E-state index in [1.54, 1.807) is 0 Å². The van der Waals surface area contributed by atoms with Crippen molar-refractivity contribution in [3.63, 3.8) is 0 Å². The maximum absolute atomic E-state index is 12.7. The molecule has 0 heterocycles. The predicted molar refractivity (Wildman–Crippen MR) is 45.8 cm³/mol. The van der Waals surface area contributed by atoms with Crippen molar-refractivity contribution in [3.05, 3.63) is 12.2 Å². The number of allylic oxidation sites excluding steroid dienone is 2. The van der Waals surface area contributed by atoms with Gasteiger partial charge in [0.2, 0.25) is 0 Å². The lowest BCUT2D eigenvalue weighted by atomic mass is 10.0. The van der Waals surface area contributed by atoms with Crippen LogP contribution in [0.2, 0.25) is 0 Å². The van der Waals surface area contributed by atoms with Crippen molar-refractivity contribution < 1.29 is 57.1 Å². The van der Waals surface area contributed by atoms with E-state index in [4.69, 9.17) is 0 Å². The summed E-state index contributed by atoms with van der Waals surface area (Å²) in [5.41, 5.74) is 0. The molecule has 0 amide bonds. The Labute approximate surface area is 117 Å². The molecule has 0 unspecified atom stereocenters. The van der Waals surface area contributed by atoms with Crippen LogP contribution in [0.15, 0.2) is 12.2 Å². The van der Waals surface area contributed by atoms with Crippen LogP contribution in [-0.4, -0.2) is 35.2 Å². The van der Waals surface area contributed by atoms with E-state index in [9.17, 15) is 57.1 Å². The van der Waals surface area contributed by atoms with E-state index in [1.807, 2.05) is 0 Å². The standard InChI is InChI=1S/C8H2ClF13/c9-7(18,19)4(12,13)2-1-3(10,11)5(14,15)6(16,17)8(20,21)22/h1-2H. The number of alkyl halides is 14. The molecule has 0 aliphatic heterocycles. The second-order valence-electron chi connectivity index (χ2n) is 3.72. The summed E-state index contributed by atoms with van der Waals surface area (Å²) >= 11 is 3.74. The highest BCUT2D eigenvalue weighted by atomic mass is 35.5. The third-order valence-electron chi connectivity index (χ3n) is 2.05. The summed E-state index contributed by atoms with van der Waals surface area (Å²) in [5, 5.41) is -5.58. The van der Waals surface area contributed by atoms with Gasteiger partial charge in [-0.25, -0.2) is 0 Å². The minimum absolute atomic E-state index is 1.69. The summed E-state index contributed by atoms with van der Waals surface area (Å²) in [6.45, 7) is 0. The van der Waals surface area contributed by atoms with Crippen LogP contribution in [0.4, 0.5) is 57.1 Å². The molecule has 0 radical (unpaired) electrons. The van der Waals surface area contributed by atoms with Crippen LogP contribution in [0.5, 0.6) is 0 Å². The van der Waals surface area contributed by atoms with E-state index in [2.05, 4.69) is 11.6 Å². The normalized spacial score (nSPS) is 16.5. The summed E-state index contributed by atoms with van der Waals surface area (Å²) in [4.78, 5) is 0. The molecule has 0 bridgehead atoms. The molecule has 0 aromatic rings. The third kappa shape index (κ3) is 3.54. The van der Waals surface area contributed by atoms with Gasteiger partial charge in [-0.3, -0.25) is 0 Å². The Morgan fingerprint density at radius 1 is 0.500 bits per heavy atom. The highest BCUT2D eigenvalue weighted by Gasteiger charge is 2.81. The summed E-state index contributed by atoms with van der Waals surface area (Å²) < 4.78 is 159. The van der Waals surface area contributed by atoms with Crippen LogP contribution < -0.4 is 0 Å². The minimum atomic E-state index is -7.33. The van der Waals surface area contributed by atoms with E-state index >= 15 is 0 Å². The smallest absolute Gasteiger partial charge is 0.195 e. The summed E-state index contributed by atoms with van der Waals surface area (Å²) in [6, 6.07) is 0. The van der Waals surface area contributed by atoms with Gasteiger partial charge in [0.15, 0.2) is 0 Å². The zero-order valence-electron chi connectivity index (χ0n) is 9.45. The first-order valence-corrected chi connectivity index (χ1v) is 4.93. The molecule has 0 spiro atoms. The minimum Gasteiger partial charge on any atom is -0.195 e. The summed E-state index contributed by atoms with van der Waals surface area (Å²) in [5.74, 6) is -26.8. The first-order chi connectivity index (χ1) is 9.21. The Bertz CT molecular complexity index is 426. The van der Waals surface area contributed by atoms with Crippen LogP contribution in [0.25, 0.3) is 0 Å². The third-order valence-corrected chi connectivity index (χ3v) is 2.30. The average Bonchev–Trinajstić information content (AvgIpc) is 2.23. The van der Waals surface area contributed by atoms with Crippen molar-refractivity contribution in [2.45, 2.75) is 35.2 Å². The molecule has 0 saturated carbocycles. The highest BCUT2D eigenvalue weighted by molar-refractivity contribution is 6.22. The first kappa shape index (κ1) is 21.1. The maximum Gasteiger partial charge on any atom is 0.460 e. The molecule has 0 aromatic heterocycles. The Kier molecular flexibility index (Phi) is 5.12. The van der Waals surface area contributed by atoms with E-state index in [-0.39, 0.29) is 0 Å². The lowest BCUT2D eigenvalue weighted by Gasteiger charge is -2.32. The quantitative estimate of drug-likeness (QED) is 0.337. The number of rotatable bonds is 5. The zero-order chi connectivity index (χ0) is 18.4. The lowest BCUT2D eigenvalue weighted by molar-refractivity contribution is -0.388. The Morgan fingerprint density at radius 2 is 0.818 bits per heavy atom. The van der Waals surface area contributed by atoms with Crippen molar-refractivity contribution >= 4 is 11.6 Å². The number of halogens is 14. The molecule has 0 rings (SSSR count). The largest absolute Gasteiger partial charge is 0.460 e. The fourth-order valence-corrected chi connectivity index (χ4v) is 0.859. The van der Waals surface area contributed by atoms with E-state index < -0.39 is 47.4 Å². The van der Waals surface area contributed by atoms with Gasteiger partial charge in [0.25, 0.3) is 0 Å². The molecule has 14 heteroatoms. The second kappa shape index (κ2) is 5.34. The van der Waals surface area contributed by atoms with Gasteiger partial charge in [0, 0.05) is 0 Å².